The number of halogens is 3. The fraction of sp³-hybridized carbons (Fsp3) is 0.381. The molecule has 2 aromatic carbocycles. The number of anilines is 1. The Balaban J connectivity index is 1.75. The van der Waals surface area contributed by atoms with Crippen molar-refractivity contribution in [3.05, 3.63) is 42.5 Å². The van der Waals surface area contributed by atoms with Gasteiger partial charge in [-0.1, -0.05) is 18.2 Å². The zero-order chi connectivity index (χ0) is 22.1. The minimum atomic E-state index is -4.86. The summed E-state index contributed by atoms with van der Waals surface area (Å²) in [4.78, 5) is 13.4. The predicted molar refractivity (Wildman–Crippen MR) is 105 cm³/mol. The highest BCUT2D eigenvalue weighted by atomic mass is 19.4. The molecule has 0 spiro atoms. The molecule has 30 heavy (non-hydrogen) atoms. The maximum absolute atomic E-state index is 12.8. The van der Waals surface area contributed by atoms with Crippen LogP contribution >= 0.6 is 0 Å². The van der Waals surface area contributed by atoms with Crippen molar-refractivity contribution in [2.45, 2.75) is 38.8 Å². The van der Waals surface area contributed by atoms with Crippen molar-refractivity contribution in [1.29, 1.82) is 0 Å². The second-order valence-electron chi connectivity index (χ2n) is 7.96. The largest absolute Gasteiger partial charge is 0.573 e. The van der Waals surface area contributed by atoms with Crippen LogP contribution in [0.4, 0.5) is 23.7 Å². The summed E-state index contributed by atoms with van der Waals surface area (Å²) >= 11 is 0. The number of hydrogen-bond donors (Lipinski definition) is 1. The molecule has 0 atom stereocenters. The van der Waals surface area contributed by atoms with Gasteiger partial charge in [0, 0.05) is 5.69 Å². The molecule has 1 heterocycles. The Morgan fingerprint density at radius 1 is 1.00 bits per heavy atom. The molecular weight excluding hydrogens is 401 g/mol. The summed E-state index contributed by atoms with van der Waals surface area (Å²) in [6, 6.07) is 11.1. The van der Waals surface area contributed by atoms with Gasteiger partial charge in [0.15, 0.2) is 11.5 Å². The van der Waals surface area contributed by atoms with Crippen molar-refractivity contribution >= 4 is 11.8 Å². The quantitative estimate of drug-likeness (QED) is 0.712. The van der Waals surface area contributed by atoms with Crippen molar-refractivity contribution in [3.63, 3.8) is 0 Å². The molecule has 0 aliphatic carbocycles. The van der Waals surface area contributed by atoms with E-state index in [4.69, 9.17) is 15.2 Å². The van der Waals surface area contributed by atoms with Crippen molar-refractivity contribution < 1.29 is 32.2 Å². The van der Waals surface area contributed by atoms with E-state index in [1.54, 1.807) is 45.0 Å². The van der Waals surface area contributed by atoms with Gasteiger partial charge in [-0.3, -0.25) is 0 Å². The van der Waals surface area contributed by atoms with Crippen LogP contribution in [0.3, 0.4) is 0 Å². The van der Waals surface area contributed by atoms with Crippen molar-refractivity contribution in [2.75, 3.05) is 18.8 Å². The summed E-state index contributed by atoms with van der Waals surface area (Å²) in [5, 5.41) is 0. The van der Waals surface area contributed by atoms with Gasteiger partial charge in [0.05, 0.1) is 13.1 Å². The molecule has 1 aliphatic heterocycles. The first-order valence-electron chi connectivity index (χ1n) is 9.30. The fourth-order valence-corrected chi connectivity index (χ4v) is 2.83. The summed E-state index contributed by atoms with van der Waals surface area (Å²) in [6.45, 7) is 5.66. The van der Waals surface area contributed by atoms with Crippen LogP contribution in [0.1, 0.15) is 20.8 Å². The number of nitrogens with zero attached hydrogens (tertiary/aromatic N) is 1. The van der Waals surface area contributed by atoms with E-state index in [0.717, 1.165) is 5.56 Å². The van der Waals surface area contributed by atoms with Gasteiger partial charge >= 0.3 is 12.5 Å². The topological polar surface area (TPSA) is 74.0 Å². The molecule has 0 aromatic heterocycles. The lowest BCUT2D eigenvalue weighted by molar-refractivity contribution is -0.275. The fourth-order valence-electron chi connectivity index (χ4n) is 2.83. The molecule has 1 amide bonds. The molecule has 0 saturated carbocycles. The molecule has 1 aliphatic rings. The van der Waals surface area contributed by atoms with E-state index in [1.807, 2.05) is 0 Å². The molecule has 3 rings (SSSR count). The summed E-state index contributed by atoms with van der Waals surface area (Å²) < 4.78 is 53.5. The van der Waals surface area contributed by atoms with Gasteiger partial charge in [-0.05, 0) is 56.2 Å². The molecule has 2 N–H and O–H groups in total. The molecule has 2 aromatic rings. The second kappa shape index (κ2) is 7.97. The zero-order valence-corrected chi connectivity index (χ0v) is 16.8. The Morgan fingerprint density at radius 2 is 1.60 bits per heavy atom. The number of carbonyl (C=O) groups excluding carboxylic acids is 1. The van der Waals surface area contributed by atoms with Crippen LogP contribution in [0.25, 0.3) is 11.1 Å². The number of rotatable bonds is 4. The van der Waals surface area contributed by atoms with Crippen LogP contribution < -0.4 is 15.2 Å². The minimum absolute atomic E-state index is 0.0597. The van der Waals surface area contributed by atoms with Crippen molar-refractivity contribution in [2.24, 2.45) is 0 Å². The highest BCUT2D eigenvalue weighted by Gasteiger charge is 2.37. The molecule has 0 unspecified atom stereocenters. The van der Waals surface area contributed by atoms with E-state index in [2.05, 4.69) is 4.74 Å². The summed E-state index contributed by atoms with van der Waals surface area (Å²) in [5.74, 6) is -0.507. The van der Waals surface area contributed by atoms with Gasteiger partial charge in [-0.15, -0.1) is 13.2 Å². The average molecular weight is 424 g/mol. The summed E-state index contributed by atoms with van der Waals surface area (Å²) in [5.41, 5.74) is 7.02. The third kappa shape index (κ3) is 5.71. The molecule has 1 saturated heterocycles. The van der Waals surface area contributed by atoms with E-state index in [-0.39, 0.29) is 18.8 Å². The first-order chi connectivity index (χ1) is 13.9. The van der Waals surface area contributed by atoms with Gasteiger partial charge in [0.2, 0.25) is 0 Å². The maximum atomic E-state index is 12.8. The smallest absolute Gasteiger partial charge is 0.483 e. The lowest BCUT2D eigenvalue weighted by Crippen LogP contribution is -2.57. The van der Waals surface area contributed by atoms with E-state index >= 15 is 0 Å². The number of nitrogens with two attached hydrogens (primary N) is 1. The number of ether oxygens (including phenoxy) is 3. The lowest BCUT2D eigenvalue weighted by Gasteiger charge is -2.39. The first-order valence-corrected chi connectivity index (χ1v) is 9.30. The Labute approximate surface area is 172 Å². The number of benzene rings is 2. The first kappa shape index (κ1) is 21.6. The number of hydrogen-bond acceptors (Lipinski definition) is 5. The minimum Gasteiger partial charge on any atom is -0.483 e. The highest BCUT2D eigenvalue weighted by Crippen LogP contribution is 2.37. The average Bonchev–Trinajstić information content (AvgIpc) is 2.56. The van der Waals surface area contributed by atoms with Crippen molar-refractivity contribution in [1.82, 2.24) is 4.90 Å². The second-order valence-corrected chi connectivity index (χ2v) is 7.96. The summed E-state index contributed by atoms with van der Waals surface area (Å²) in [6.07, 6.45) is -5.83. The number of carbonyl (C=O) groups is 1. The van der Waals surface area contributed by atoms with Crippen LogP contribution in [0.2, 0.25) is 0 Å². The van der Waals surface area contributed by atoms with Gasteiger partial charge in [0.1, 0.15) is 11.7 Å². The lowest BCUT2D eigenvalue weighted by atomic mass is 10.0. The Bertz CT molecular complexity index is 902. The number of nitrogen functional groups attached to an aromatic ring is 1. The van der Waals surface area contributed by atoms with E-state index < -0.39 is 29.9 Å². The van der Waals surface area contributed by atoms with Crippen LogP contribution in [-0.4, -0.2) is 42.2 Å². The molecule has 6 nitrogen and oxygen atoms in total. The van der Waals surface area contributed by atoms with Crippen LogP contribution in [-0.2, 0) is 4.74 Å². The van der Waals surface area contributed by atoms with Crippen LogP contribution in [0.15, 0.2) is 42.5 Å². The predicted octanol–water partition coefficient (Wildman–Crippen LogP) is 4.83. The molecule has 0 bridgehead atoms. The third-order valence-electron chi connectivity index (χ3n) is 4.21. The standard InChI is InChI=1S/C21H23F3N2O4/c1-20(2,3)30-19(27)26-11-16(12-26)28-18-10-14(13-4-7-15(25)8-5-13)6-9-17(18)29-21(22,23)24/h4-10,16H,11-12,25H2,1-3H3. The molecule has 0 radical (unpaired) electrons. The Morgan fingerprint density at radius 3 is 2.17 bits per heavy atom. The van der Waals surface area contributed by atoms with E-state index in [9.17, 15) is 18.0 Å². The normalized spacial score (nSPS) is 14.8. The Kier molecular flexibility index (Phi) is 5.74. The number of likely N-dealkylation sites (tertiary alicyclic amines) is 1. The third-order valence-corrected chi connectivity index (χ3v) is 4.21. The number of amides is 1. The Hall–Kier alpha value is -3.10. The van der Waals surface area contributed by atoms with Gasteiger partial charge in [-0.25, -0.2) is 4.79 Å². The van der Waals surface area contributed by atoms with Crippen LogP contribution in [0.5, 0.6) is 11.5 Å². The van der Waals surface area contributed by atoms with E-state index in [1.165, 1.54) is 23.1 Å². The number of alkyl halides is 3. The zero-order valence-electron chi connectivity index (χ0n) is 16.8. The molecule has 9 heteroatoms. The van der Waals surface area contributed by atoms with E-state index in [0.29, 0.717) is 11.3 Å². The molecule has 1 fully saturated rings. The van der Waals surface area contributed by atoms with Gasteiger partial charge < -0.3 is 24.8 Å². The summed E-state index contributed by atoms with van der Waals surface area (Å²) in [7, 11) is 0. The van der Waals surface area contributed by atoms with Crippen molar-refractivity contribution in [3.8, 4) is 22.6 Å². The highest BCUT2D eigenvalue weighted by molar-refractivity contribution is 5.70. The van der Waals surface area contributed by atoms with Crippen LogP contribution in [0, 0.1) is 0 Å². The molecular formula is C21H23F3N2O4. The SMILES string of the molecule is CC(C)(C)OC(=O)N1CC(Oc2cc(-c3ccc(N)cc3)ccc2OC(F)(F)F)C1. The molecule has 162 valence electrons. The van der Waals surface area contributed by atoms with Gasteiger partial charge in [-0.2, -0.15) is 0 Å². The van der Waals surface area contributed by atoms with Gasteiger partial charge in [0.25, 0.3) is 0 Å². The maximum Gasteiger partial charge on any atom is 0.573 e. The monoisotopic (exact) mass is 424 g/mol.